The lowest BCUT2D eigenvalue weighted by molar-refractivity contribution is 0.0979. The fourth-order valence-corrected chi connectivity index (χ4v) is 2.89. The first-order valence-electron chi connectivity index (χ1n) is 7.39. The van der Waals surface area contributed by atoms with Gasteiger partial charge in [-0.1, -0.05) is 37.1 Å². The van der Waals surface area contributed by atoms with Gasteiger partial charge in [0.25, 0.3) is 0 Å². The van der Waals surface area contributed by atoms with Crippen LogP contribution in [0.2, 0.25) is 5.02 Å². The standard InChI is InChI=1S/C18H16ClNO2/c1-2-3-9-20-15-6-4-5-13-16(15)18(22)14-10-11(19)7-8-12(14)17(13)21/h4-8,10,20H,2-3,9H2,1H3. The van der Waals surface area contributed by atoms with Crippen molar-refractivity contribution in [2.24, 2.45) is 0 Å². The van der Waals surface area contributed by atoms with E-state index in [0.717, 1.165) is 25.1 Å². The summed E-state index contributed by atoms with van der Waals surface area (Å²) >= 11 is 5.98. The van der Waals surface area contributed by atoms with Gasteiger partial charge in [-0.2, -0.15) is 0 Å². The number of benzene rings is 2. The molecule has 0 heterocycles. The van der Waals surface area contributed by atoms with Crippen molar-refractivity contribution in [3.05, 3.63) is 63.7 Å². The highest BCUT2D eigenvalue weighted by Crippen LogP contribution is 2.33. The molecule has 0 unspecified atom stereocenters. The topological polar surface area (TPSA) is 46.2 Å². The second-order valence-corrected chi connectivity index (χ2v) is 5.79. The molecule has 2 aromatic carbocycles. The molecule has 22 heavy (non-hydrogen) atoms. The summed E-state index contributed by atoms with van der Waals surface area (Å²) in [5.74, 6) is -0.271. The van der Waals surface area contributed by atoms with E-state index in [1.807, 2.05) is 6.07 Å². The molecule has 2 aromatic rings. The highest BCUT2D eigenvalue weighted by Gasteiger charge is 2.31. The van der Waals surface area contributed by atoms with E-state index in [-0.39, 0.29) is 11.6 Å². The Labute approximate surface area is 134 Å². The average molecular weight is 314 g/mol. The first-order chi connectivity index (χ1) is 10.6. The average Bonchev–Trinajstić information content (AvgIpc) is 2.52. The quantitative estimate of drug-likeness (QED) is 0.729. The van der Waals surface area contributed by atoms with Gasteiger partial charge in [0.1, 0.15) is 0 Å². The van der Waals surface area contributed by atoms with Gasteiger partial charge in [-0.05, 0) is 30.7 Å². The third kappa shape index (κ3) is 2.42. The molecule has 3 nitrogen and oxygen atoms in total. The minimum Gasteiger partial charge on any atom is -0.384 e. The van der Waals surface area contributed by atoms with Crippen molar-refractivity contribution in [1.29, 1.82) is 0 Å². The molecule has 0 saturated heterocycles. The summed E-state index contributed by atoms with van der Waals surface area (Å²) < 4.78 is 0. The van der Waals surface area contributed by atoms with Crippen LogP contribution >= 0.6 is 11.6 Å². The van der Waals surface area contributed by atoms with Crippen LogP contribution in [0, 0.1) is 0 Å². The lowest BCUT2D eigenvalue weighted by Gasteiger charge is -2.21. The molecule has 0 saturated carbocycles. The van der Waals surface area contributed by atoms with Gasteiger partial charge < -0.3 is 5.32 Å². The number of fused-ring (bicyclic) bond motifs is 2. The van der Waals surface area contributed by atoms with Crippen molar-refractivity contribution < 1.29 is 9.59 Å². The molecule has 0 aromatic heterocycles. The zero-order valence-electron chi connectivity index (χ0n) is 12.3. The third-order valence-electron chi connectivity index (χ3n) is 3.85. The molecule has 1 aliphatic rings. The molecule has 3 rings (SSSR count). The number of hydrogen-bond acceptors (Lipinski definition) is 3. The molecular formula is C18H16ClNO2. The fraction of sp³-hybridized carbons (Fsp3) is 0.222. The van der Waals surface area contributed by atoms with Crippen LogP contribution < -0.4 is 5.32 Å². The van der Waals surface area contributed by atoms with Crippen LogP contribution in [0.25, 0.3) is 0 Å². The molecule has 1 aliphatic carbocycles. The lowest BCUT2D eigenvalue weighted by Crippen LogP contribution is -2.22. The number of ketones is 2. The van der Waals surface area contributed by atoms with Gasteiger partial charge in [-0.25, -0.2) is 0 Å². The van der Waals surface area contributed by atoms with E-state index >= 15 is 0 Å². The maximum absolute atomic E-state index is 12.8. The number of hydrogen-bond donors (Lipinski definition) is 1. The van der Waals surface area contributed by atoms with Crippen molar-refractivity contribution in [3.8, 4) is 0 Å². The summed E-state index contributed by atoms with van der Waals surface area (Å²) in [6, 6.07) is 10.2. The molecule has 0 bridgehead atoms. The molecule has 0 radical (unpaired) electrons. The van der Waals surface area contributed by atoms with Gasteiger partial charge >= 0.3 is 0 Å². The SMILES string of the molecule is CCCCNc1cccc2c1C(=O)c1cc(Cl)ccc1C2=O. The zero-order chi connectivity index (χ0) is 15.7. The molecule has 112 valence electrons. The van der Waals surface area contributed by atoms with Crippen LogP contribution in [-0.2, 0) is 0 Å². The number of halogens is 1. The van der Waals surface area contributed by atoms with Crippen molar-refractivity contribution in [3.63, 3.8) is 0 Å². The predicted molar refractivity (Wildman–Crippen MR) is 88.2 cm³/mol. The number of rotatable bonds is 4. The Balaban J connectivity index is 2.09. The zero-order valence-corrected chi connectivity index (χ0v) is 13.0. The Morgan fingerprint density at radius 2 is 1.82 bits per heavy atom. The van der Waals surface area contributed by atoms with Gasteiger partial charge in [0, 0.05) is 33.9 Å². The molecule has 0 atom stereocenters. The monoisotopic (exact) mass is 313 g/mol. The molecule has 0 fully saturated rings. The Morgan fingerprint density at radius 3 is 2.59 bits per heavy atom. The summed E-state index contributed by atoms with van der Waals surface area (Å²) in [5, 5.41) is 3.72. The maximum atomic E-state index is 12.8. The summed E-state index contributed by atoms with van der Waals surface area (Å²) in [5.41, 5.74) is 2.44. The summed E-state index contributed by atoms with van der Waals surface area (Å²) in [7, 11) is 0. The first kappa shape index (κ1) is 14.8. The van der Waals surface area contributed by atoms with E-state index < -0.39 is 0 Å². The van der Waals surface area contributed by atoms with Gasteiger partial charge in [-0.15, -0.1) is 0 Å². The second-order valence-electron chi connectivity index (χ2n) is 5.36. The smallest absolute Gasteiger partial charge is 0.196 e. The highest BCUT2D eigenvalue weighted by atomic mass is 35.5. The van der Waals surface area contributed by atoms with Crippen LogP contribution in [0.15, 0.2) is 36.4 Å². The number of carbonyl (C=O) groups excluding carboxylic acids is 2. The Bertz CT molecular complexity index is 768. The number of nitrogens with one attached hydrogen (secondary N) is 1. The van der Waals surface area contributed by atoms with Gasteiger partial charge in [0.05, 0.1) is 5.56 Å². The molecule has 0 amide bonds. The molecular weight excluding hydrogens is 298 g/mol. The van der Waals surface area contributed by atoms with Gasteiger partial charge in [-0.3, -0.25) is 9.59 Å². The van der Waals surface area contributed by atoms with Crippen molar-refractivity contribution in [1.82, 2.24) is 0 Å². The Hall–Kier alpha value is -2.13. The fourth-order valence-electron chi connectivity index (χ4n) is 2.72. The Morgan fingerprint density at radius 1 is 1.00 bits per heavy atom. The van der Waals surface area contributed by atoms with Crippen LogP contribution in [0.5, 0.6) is 0 Å². The summed E-state index contributed by atoms with van der Waals surface area (Å²) in [4.78, 5) is 25.4. The third-order valence-corrected chi connectivity index (χ3v) is 4.09. The normalized spacial score (nSPS) is 12.8. The largest absolute Gasteiger partial charge is 0.384 e. The van der Waals surface area contributed by atoms with Crippen LogP contribution in [-0.4, -0.2) is 18.1 Å². The molecule has 0 spiro atoms. The summed E-state index contributed by atoms with van der Waals surface area (Å²) in [6.45, 7) is 2.88. The van der Waals surface area contributed by atoms with Crippen LogP contribution in [0.4, 0.5) is 5.69 Å². The Kier molecular flexibility index (Phi) is 3.99. The second kappa shape index (κ2) is 5.93. The van der Waals surface area contributed by atoms with E-state index in [4.69, 9.17) is 11.6 Å². The van der Waals surface area contributed by atoms with E-state index in [1.54, 1.807) is 30.3 Å². The number of carbonyl (C=O) groups is 2. The van der Waals surface area contributed by atoms with E-state index in [0.29, 0.717) is 27.3 Å². The van der Waals surface area contributed by atoms with E-state index in [1.165, 1.54) is 0 Å². The maximum Gasteiger partial charge on any atom is 0.196 e. The summed E-state index contributed by atoms with van der Waals surface area (Å²) in [6.07, 6.45) is 2.07. The number of anilines is 1. The van der Waals surface area contributed by atoms with Gasteiger partial charge in [0.15, 0.2) is 11.6 Å². The predicted octanol–water partition coefficient (Wildman–Crippen LogP) is 4.33. The van der Waals surface area contributed by atoms with E-state index in [9.17, 15) is 9.59 Å². The van der Waals surface area contributed by atoms with Crippen LogP contribution in [0.1, 0.15) is 51.6 Å². The molecule has 0 aliphatic heterocycles. The van der Waals surface area contributed by atoms with E-state index in [2.05, 4.69) is 12.2 Å². The van der Waals surface area contributed by atoms with Crippen molar-refractivity contribution in [2.45, 2.75) is 19.8 Å². The van der Waals surface area contributed by atoms with Crippen LogP contribution in [0.3, 0.4) is 0 Å². The molecule has 1 N–H and O–H groups in total. The van der Waals surface area contributed by atoms with Crippen molar-refractivity contribution in [2.75, 3.05) is 11.9 Å². The minimum atomic E-state index is -0.147. The van der Waals surface area contributed by atoms with Crippen molar-refractivity contribution >= 4 is 28.9 Å². The minimum absolute atomic E-state index is 0.125. The highest BCUT2D eigenvalue weighted by molar-refractivity contribution is 6.34. The number of unbranched alkanes of at least 4 members (excludes halogenated alkanes) is 1. The molecule has 4 heteroatoms. The first-order valence-corrected chi connectivity index (χ1v) is 7.77. The lowest BCUT2D eigenvalue weighted by atomic mass is 9.83. The van der Waals surface area contributed by atoms with Gasteiger partial charge in [0.2, 0.25) is 0 Å².